The predicted octanol–water partition coefficient (Wildman–Crippen LogP) is 1.84. The molecule has 0 heterocycles. The van der Waals surface area contributed by atoms with E-state index in [0.717, 1.165) is 0 Å². The van der Waals surface area contributed by atoms with Gasteiger partial charge in [0.2, 0.25) is 0 Å². The van der Waals surface area contributed by atoms with Crippen LogP contribution in [0.5, 0.6) is 0 Å². The van der Waals surface area contributed by atoms with Gasteiger partial charge in [-0.15, -0.1) is 0 Å². The summed E-state index contributed by atoms with van der Waals surface area (Å²) in [6.45, 7) is 6.53. The summed E-state index contributed by atoms with van der Waals surface area (Å²) in [6.07, 6.45) is -0.915. The van der Waals surface area contributed by atoms with Crippen LogP contribution in [0.2, 0.25) is 0 Å². The molecule has 0 atom stereocenters. The quantitative estimate of drug-likeness (QED) is 0.270. The summed E-state index contributed by atoms with van der Waals surface area (Å²) in [5.74, 6) is 0. The minimum absolute atomic E-state index is 0.0610. The molecule has 5 nitrogen and oxygen atoms in total. The third-order valence-electron chi connectivity index (χ3n) is 0.808. The van der Waals surface area contributed by atoms with E-state index >= 15 is 0 Å². The first-order valence-corrected chi connectivity index (χ1v) is 3.70. The normalized spacial score (nSPS) is 11.8. The first kappa shape index (κ1) is 11.4. The maximum Gasteiger partial charge on any atom is 0.535 e. The molecule has 0 bridgehead atoms. The van der Waals surface area contributed by atoms with Crippen LogP contribution in [0.15, 0.2) is 5.16 Å². The summed E-state index contributed by atoms with van der Waals surface area (Å²) in [5, 5.41) is 11.5. The monoisotopic (exact) mass is 184 g/mol. The SMILES string of the molecule is C/C(C#N)=N\OC(=O)OC(C)(C)C. The molecule has 0 saturated carbocycles. The molecule has 72 valence electrons. The highest BCUT2D eigenvalue weighted by molar-refractivity contribution is 5.96. The lowest BCUT2D eigenvalue weighted by Gasteiger charge is -2.16. The van der Waals surface area contributed by atoms with Crippen molar-refractivity contribution in [2.75, 3.05) is 0 Å². The van der Waals surface area contributed by atoms with Crippen molar-refractivity contribution in [2.45, 2.75) is 33.3 Å². The lowest BCUT2D eigenvalue weighted by molar-refractivity contribution is -0.00616. The first-order chi connectivity index (χ1) is 5.85. The second-order valence-electron chi connectivity index (χ2n) is 3.34. The second kappa shape index (κ2) is 4.45. The molecule has 0 aromatic rings. The molecule has 0 aromatic carbocycles. The Morgan fingerprint density at radius 1 is 1.46 bits per heavy atom. The van der Waals surface area contributed by atoms with Crippen molar-refractivity contribution in [1.82, 2.24) is 0 Å². The topological polar surface area (TPSA) is 71.7 Å². The zero-order valence-electron chi connectivity index (χ0n) is 8.12. The maximum atomic E-state index is 10.8. The van der Waals surface area contributed by atoms with Crippen LogP contribution in [0.4, 0.5) is 4.79 Å². The van der Waals surface area contributed by atoms with Crippen molar-refractivity contribution in [1.29, 1.82) is 5.26 Å². The fourth-order valence-corrected chi connectivity index (χ4v) is 0.395. The average molecular weight is 184 g/mol. The van der Waals surface area contributed by atoms with Crippen molar-refractivity contribution in [3.8, 4) is 6.07 Å². The molecule has 0 amide bonds. The van der Waals surface area contributed by atoms with Crippen LogP contribution in [0.3, 0.4) is 0 Å². The first-order valence-electron chi connectivity index (χ1n) is 3.70. The van der Waals surface area contributed by atoms with Gasteiger partial charge in [0.15, 0.2) is 5.71 Å². The zero-order valence-corrected chi connectivity index (χ0v) is 8.12. The molecule has 5 heteroatoms. The van der Waals surface area contributed by atoms with Gasteiger partial charge in [0.05, 0.1) is 0 Å². The van der Waals surface area contributed by atoms with E-state index in [2.05, 4.69) is 9.99 Å². The number of nitriles is 1. The van der Waals surface area contributed by atoms with Gasteiger partial charge in [-0.05, 0) is 27.7 Å². The Bertz CT molecular complexity index is 258. The highest BCUT2D eigenvalue weighted by Gasteiger charge is 2.17. The molecular weight excluding hydrogens is 172 g/mol. The Morgan fingerprint density at radius 3 is 2.38 bits per heavy atom. The Labute approximate surface area is 76.9 Å². The van der Waals surface area contributed by atoms with E-state index < -0.39 is 11.8 Å². The molecule has 0 unspecified atom stereocenters. The van der Waals surface area contributed by atoms with Crippen molar-refractivity contribution >= 4 is 11.9 Å². The van der Waals surface area contributed by atoms with E-state index in [4.69, 9.17) is 10.00 Å². The second-order valence-corrected chi connectivity index (χ2v) is 3.34. The summed E-state index contributed by atoms with van der Waals surface area (Å²) in [4.78, 5) is 15.1. The molecular formula is C8H12N2O3. The van der Waals surface area contributed by atoms with Crippen LogP contribution in [0.1, 0.15) is 27.7 Å². The smallest absolute Gasteiger partial charge is 0.427 e. The van der Waals surface area contributed by atoms with E-state index in [9.17, 15) is 4.79 Å². The third-order valence-corrected chi connectivity index (χ3v) is 0.808. The minimum atomic E-state index is -0.915. The number of ether oxygens (including phenoxy) is 1. The van der Waals surface area contributed by atoms with Gasteiger partial charge in [-0.25, -0.2) is 4.79 Å². The number of nitrogens with zero attached hydrogens (tertiary/aromatic N) is 2. The van der Waals surface area contributed by atoms with E-state index in [1.54, 1.807) is 26.8 Å². The molecule has 0 rings (SSSR count). The fourth-order valence-electron chi connectivity index (χ4n) is 0.395. The van der Waals surface area contributed by atoms with E-state index in [1.165, 1.54) is 6.92 Å². The Balaban J connectivity index is 3.99. The van der Waals surface area contributed by atoms with Crippen molar-refractivity contribution in [2.24, 2.45) is 5.16 Å². The molecule has 0 aromatic heterocycles. The molecule has 13 heavy (non-hydrogen) atoms. The van der Waals surface area contributed by atoms with Crippen LogP contribution in [0, 0.1) is 11.3 Å². The Kier molecular flexibility index (Phi) is 3.92. The van der Waals surface area contributed by atoms with E-state index in [0.29, 0.717) is 0 Å². The molecule has 0 aliphatic rings. The molecule has 0 aliphatic heterocycles. The highest BCUT2D eigenvalue weighted by atomic mass is 16.8. The third kappa shape index (κ3) is 6.81. The molecule has 0 saturated heterocycles. The Hall–Kier alpha value is -1.57. The minimum Gasteiger partial charge on any atom is -0.427 e. The molecule has 0 aliphatic carbocycles. The molecule has 0 spiro atoms. The molecule has 0 radical (unpaired) electrons. The summed E-state index contributed by atoms with van der Waals surface area (Å²) in [6, 6.07) is 1.70. The summed E-state index contributed by atoms with van der Waals surface area (Å²) < 4.78 is 4.75. The number of hydrogen-bond acceptors (Lipinski definition) is 5. The molecule has 0 N–H and O–H groups in total. The lowest BCUT2D eigenvalue weighted by atomic mass is 10.2. The number of rotatable bonds is 1. The van der Waals surface area contributed by atoms with Gasteiger partial charge >= 0.3 is 6.16 Å². The van der Waals surface area contributed by atoms with Crippen molar-refractivity contribution in [3.05, 3.63) is 0 Å². The van der Waals surface area contributed by atoms with E-state index in [1.807, 2.05) is 0 Å². The predicted molar refractivity (Wildman–Crippen MR) is 46.0 cm³/mol. The lowest BCUT2D eigenvalue weighted by Crippen LogP contribution is -2.23. The number of oxime groups is 1. The van der Waals surface area contributed by atoms with Crippen molar-refractivity contribution in [3.63, 3.8) is 0 Å². The van der Waals surface area contributed by atoms with Crippen LogP contribution in [0.25, 0.3) is 0 Å². The van der Waals surface area contributed by atoms with Crippen molar-refractivity contribution < 1.29 is 14.4 Å². The van der Waals surface area contributed by atoms with Gasteiger partial charge in [-0.2, -0.15) is 5.26 Å². The highest BCUT2D eigenvalue weighted by Crippen LogP contribution is 2.07. The van der Waals surface area contributed by atoms with Gasteiger partial charge in [-0.3, -0.25) is 4.84 Å². The van der Waals surface area contributed by atoms with E-state index in [-0.39, 0.29) is 5.71 Å². The van der Waals surface area contributed by atoms with Gasteiger partial charge in [0, 0.05) is 0 Å². The van der Waals surface area contributed by atoms with Crippen LogP contribution in [-0.2, 0) is 9.57 Å². The number of hydrogen-bond donors (Lipinski definition) is 0. The fraction of sp³-hybridized carbons (Fsp3) is 0.625. The maximum absolute atomic E-state index is 10.8. The molecule has 0 fully saturated rings. The number of carbonyl (C=O) groups excluding carboxylic acids is 1. The van der Waals surface area contributed by atoms with Gasteiger partial charge < -0.3 is 4.74 Å². The summed E-state index contributed by atoms with van der Waals surface area (Å²) >= 11 is 0. The largest absolute Gasteiger partial charge is 0.535 e. The summed E-state index contributed by atoms with van der Waals surface area (Å²) in [7, 11) is 0. The van der Waals surface area contributed by atoms with Gasteiger partial charge in [-0.1, -0.05) is 5.16 Å². The standard InChI is InChI=1S/C8H12N2O3/c1-6(5-9)10-13-7(11)12-8(2,3)4/h1-4H3/b10-6+. The van der Waals surface area contributed by atoms with Crippen LogP contribution < -0.4 is 0 Å². The van der Waals surface area contributed by atoms with Gasteiger partial charge in [0.25, 0.3) is 0 Å². The summed E-state index contributed by atoms with van der Waals surface area (Å²) in [5.41, 5.74) is -0.557. The zero-order chi connectivity index (χ0) is 10.5. The number of carbonyl (C=O) groups is 1. The average Bonchev–Trinajstić information content (AvgIpc) is 1.97. The van der Waals surface area contributed by atoms with Crippen LogP contribution >= 0.6 is 0 Å². The Morgan fingerprint density at radius 2 is 2.00 bits per heavy atom. The van der Waals surface area contributed by atoms with Gasteiger partial charge in [0.1, 0.15) is 11.7 Å². The van der Waals surface area contributed by atoms with Crippen LogP contribution in [-0.4, -0.2) is 17.5 Å².